The minimum atomic E-state index is -0.313. The second-order valence-electron chi connectivity index (χ2n) is 4.70. The number of fused-ring (bicyclic) bond motifs is 1. The Labute approximate surface area is 151 Å². The molecule has 3 aromatic rings. The summed E-state index contributed by atoms with van der Waals surface area (Å²) < 4.78 is 6.67. The maximum Gasteiger partial charge on any atom is 0.266 e. The van der Waals surface area contributed by atoms with E-state index in [2.05, 4.69) is 4.98 Å². The second kappa shape index (κ2) is 6.17. The van der Waals surface area contributed by atoms with Gasteiger partial charge in [-0.2, -0.15) is 0 Å². The summed E-state index contributed by atoms with van der Waals surface area (Å²) in [7, 11) is 1.48. The van der Waals surface area contributed by atoms with E-state index in [1.807, 2.05) is 0 Å². The number of rotatable bonds is 2. The third kappa shape index (κ3) is 2.85. The number of hydrogen-bond donors (Lipinski definition) is 1. The molecular formula is C15H9Cl3N2O2S. The van der Waals surface area contributed by atoms with Crippen molar-refractivity contribution in [1.29, 1.82) is 0 Å². The van der Waals surface area contributed by atoms with Crippen LogP contribution in [0.4, 0.5) is 0 Å². The van der Waals surface area contributed by atoms with E-state index in [1.54, 1.807) is 24.3 Å². The molecule has 0 bridgehead atoms. The van der Waals surface area contributed by atoms with E-state index in [9.17, 15) is 4.79 Å². The molecule has 0 aliphatic rings. The van der Waals surface area contributed by atoms with Crippen molar-refractivity contribution < 1.29 is 4.74 Å². The van der Waals surface area contributed by atoms with Crippen LogP contribution in [0.3, 0.4) is 0 Å². The lowest BCUT2D eigenvalue weighted by Crippen LogP contribution is -2.21. The highest BCUT2D eigenvalue weighted by atomic mass is 35.5. The van der Waals surface area contributed by atoms with Crippen LogP contribution in [0.1, 0.15) is 0 Å². The highest BCUT2D eigenvalue weighted by molar-refractivity contribution is 7.71. The normalized spacial score (nSPS) is 11.0. The predicted octanol–water partition coefficient (Wildman–Crippen LogP) is 5.02. The largest absolute Gasteiger partial charge is 0.495 e. The quantitative estimate of drug-likeness (QED) is 0.628. The Kier molecular flexibility index (Phi) is 4.38. The lowest BCUT2D eigenvalue weighted by atomic mass is 10.2. The van der Waals surface area contributed by atoms with Crippen molar-refractivity contribution in [3.63, 3.8) is 0 Å². The maximum atomic E-state index is 12.8. The van der Waals surface area contributed by atoms with Crippen LogP contribution in [0.25, 0.3) is 16.6 Å². The number of nitrogens with zero attached hydrogens (tertiary/aromatic N) is 1. The summed E-state index contributed by atoms with van der Waals surface area (Å²) in [6, 6.07) is 7.98. The number of nitrogens with one attached hydrogen (secondary N) is 1. The fourth-order valence-corrected chi connectivity index (χ4v) is 3.26. The van der Waals surface area contributed by atoms with Crippen molar-refractivity contribution in [2.45, 2.75) is 0 Å². The first-order chi connectivity index (χ1) is 10.9. The number of H-pyrrole nitrogens is 1. The first-order valence-corrected chi connectivity index (χ1v) is 7.94. The van der Waals surface area contributed by atoms with E-state index < -0.39 is 0 Å². The summed E-state index contributed by atoms with van der Waals surface area (Å²) in [5, 5.41) is 1.57. The van der Waals surface area contributed by atoms with Crippen LogP contribution in [-0.4, -0.2) is 16.7 Å². The highest BCUT2D eigenvalue weighted by Gasteiger charge is 2.14. The SMILES string of the molecule is COc1cc(-n2c(=S)[nH]c3cc(Cl)ccc3c2=O)c(Cl)cc1Cl. The molecule has 23 heavy (non-hydrogen) atoms. The van der Waals surface area contributed by atoms with Gasteiger partial charge in [-0.05, 0) is 36.5 Å². The lowest BCUT2D eigenvalue weighted by Gasteiger charge is -2.12. The molecule has 1 N–H and O–H groups in total. The highest BCUT2D eigenvalue weighted by Crippen LogP contribution is 2.32. The Balaban J connectivity index is 2.40. The van der Waals surface area contributed by atoms with E-state index in [4.69, 9.17) is 51.8 Å². The van der Waals surface area contributed by atoms with Crippen molar-refractivity contribution in [3.05, 3.63) is 60.5 Å². The van der Waals surface area contributed by atoms with Crippen LogP contribution in [0, 0.1) is 4.77 Å². The zero-order valence-electron chi connectivity index (χ0n) is 11.7. The fourth-order valence-electron chi connectivity index (χ4n) is 2.26. The Morgan fingerprint density at radius 3 is 2.57 bits per heavy atom. The molecule has 0 fully saturated rings. The van der Waals surface area contributed by atoms with Gasteiger partial charge < -0.3 is 9.72 Å². The van der Waals surface area contributed by atoms with Crippen molar-refractivity contribution >= 4 is 57.9 Å². The van der Waals surface area contributed by atoms with Gasteiger partial charge in [-0.25, -0.2) is 0 Å². The predicted molar refractivity (Wildman–Crippen MR) is 96.3 cm³/mol. The molecule has 1 heterocycles. The van der Waals surface area contributed by atoms with Crippen molar-refractivity contribution in [2.75, 3.05) is 7.11 Å². The van der Waals surface area contributed by atoms with Gasteiger partial charge in [0.2, 0.25) is 0 Å². The van der Waals surface area contributed by atoms with Gasteiger partial charge >= 0.3 is 0 Å². The summed E-state index contributed by atoms with van der Waals surface area (Å²) in [6.07, 6.45) is 0. The summed E-state index contributed by atoms with van der Waals surface area (Å²) >= 11 is 23.5. The van der Waals surface area contributed by atoms with Crippen molar-refractivity contribution in [3.8, 4) is 11.4 Å². The molecule has 4 nitrogen and oxygen atoms in total. The van der Waals surface area contributed by atoms with Gasteiger partial charge in [0, 0.05) is 11.1 Å². The molecule has 0 aliphatic carbocycles. The molecule has 3 rings (SSSR count). The Morgan fingerprint density at radius 2 is 1.87 bits per heavy atom. The van der Waals surface area contributed by atoms with Gasteiger partial charge in [-0.3, -0.25) is 9.36 Å². The van der Waals surface area contributed by atoms with Gasteiger partial charge in [0.05, 0.1) is 33.7 Å². The first kappa shape index (κ1) is 16.3. The molecular weight excluding hydrogens is 379 g/mol. The van der Waals surface area contributed by atoms with Gasteiger partial charge in [0.25, 0.3) is 5.56 Å². The van der Waals surface area contributed by atoms with Gasteiger partial charge in [0.15, 0.2) is 4.77 Å². The minimum absolute atomic E-state index is 0.191. The maximum absolute atomic E-state index is 12.8. The molecule has 1 aromatic heterocycles. The van der Waals surface area contributed by atoms with E-state index in [1.165, 1.54) is 17.7 Å². The minimum Gasteiger partial charge on any atom is -0.495 e. The molecule has 0 aliphatic heterocycles. The van der Waals surface area contributed by atoms with Crippen LogP contribution in [-0.2, 0) is 0 Å². The molecule has 0 spiro atoms. The average molecular weight is 388 g/mol. The molecule has 8 heteroatoms. The van der Waals surface area contributed by atoms with E-state index in [0.717, 1.165) is 0 Å². The standard InChI is InChI=1S/C15H9Cl3N2O2S/c1-22-13-6-12(9(17)5-10(13)18)20-14(21)8-3-2-7(16)4-11(8)19-15(20)23/h2-6H,1H3,(H,19,23). The Morgan fingerprint density at radius 1 is 1.13 bits per heavy atom. The number of methoxy groups -OCH3 is 1. The lowest BCUT2D eigenvalue weighted by molar-refractivity contribution is 0.415. The van der Waals surface area contributed by atoms with Crippen molar-refractivity contribution in [2.24, 2.45) is 0 Å². The number of hydrogen-bond acceptors (Lipinski definition) is 3. The van der Waals surface area contributed by atoms with Crippen molar-refractivity contribution in [1.82, 2.24) is 9.55 Å². The van der Waals surface area contributed by atoms with Gasteiger partial charge in [-0.1, -0.05) is 34.8 Å². The smallest absolute Gasteiger partial charge is 0.266 e. The summed E-state index contributed by atoms with van der Waals surface area (Å²) in [5.74, 6) is 0.392. The number of aromatic nitrogens is 2. The van der Waals surface area contributed by atoms with E-state index >= 15 is 0 Å². The molecule has 0 saturated carbocycles. The average Bonchev–Trinajstić information content (AvgIpc) is 2.48. The number of aromatic amines is 1. The molecule has 118 valence electrons. The van der Waals surface area contributed by atoms with Gasteiger partial charge in [-0.15, -0.1) is 0 Å². The van der Waals surface area contributed by atoms with Crippen LogP contribution >= 0.6 is 47.0 Å². The third-order valence-corrected chi connectivity index (χ3v) is 4.44. The number of halogens is 3. The summed E-state index contributed by atoms with van der Waals surface area (Å²) in [6.45, 7) is 0. The van der Waals surface area contributed by atoms with E-state index in [0.29, 0.717) is 32.4 Å². The molecule has 2 aromatic carbocycles. The Hall–Kier alpha value is -1.53. The Bertz CT molecular complexity index is 1040. The third-order valence-electron chi connectivity index (χ3n) is 3.32. The number of ether oxygens (including phenoxy) is 1. The van der Waals surface area contributed by atoms with Crippen LogP contribution in [0.2, 0.25) is 15.1 Å². The fraction of sp³-hybridized carbons (Fsp3) is 0.0667. The molecule has 0 amide bonds. The second-order valence-corrected chi connectivity index (χ2v) is 6.34. The van der Waals surface area contributed by atoms with Crippen LogP contribution in [0.15, 0.2) is 35.1 Å². The van der Waals surface area contributed by atoms with Gasteiger partial charge in [0.1, 0.15) is 5.75 Å². The summed E-state index contributed by atoms with van der Waals surface area (Å²) in [5.41, 5.74) is 0.628. The zero-order chi connectivity index (χ0) is 16.7. The van der Waals surface area contributed by atoms with E-state index in [-0.39, 0.29) is 15.4 Å². The topological polar surface area (TPSA) is 47.0 Å². The molecule has 0 unspecified atom stereocenters. The van der Waals surface area contributed by atoms with Crippen LogP contribution in [0.5, 0.6) is 5.75 Å². The molecule has 0 radical (unpaired) electrons. The molecule has 0 saturated heterocycles. The molecule has 0 atom stereocenters. The monoisotopic (exact) mass is 386 g/mol. The number of benzene rings is 2. The first-order valence-electron chi connectivity index (χ1n) is 6.40. The zero-order valence-corrected chi connectivity index (χ0v) is 14.8. The summed E-state index contributed by atoms with van der Waals surface area (Å²) in [4.78, 5) is 15.8. The van der Waals surface area contributed by atoms with Crippen LogP contribution < -0.4 is 10.3 Å².